The third-order valence-electron chi connectivity index (χ3n) is 2.25. The van der Waals surface area contributed by atoms with Gasteiger partial charge in [0.05, 0.1) is 4.75 Å². The summed E-state index contributed by atoms with van der Waals surface area (Å²) in [4.78, 5) is 0. The van der Waals surface area contributed by atoms with E-state index < -0.39 is 11.0 Å². The maximum atomic E-state index is 11.6. The van der Waals surface area contributed by atoms with Crippen LogP contribution >= 0.6 is 0 Å². The number of hydrogen-bond donors (Lipinski definition) is 0. The second-order valence-corrected chi connectivity index (χ2v) is 7.07. The van der Waals surface area contributed by atoms with Gasteiger partial charge < -0.3 is 0 Å². The predicted molar refractivity (Wildman–Crippen MR) is 69.7 cm³/mol. The van der Waals surface area contributed by atoms with Crippen molar-refractivity contribution in [3.63, 3.8) is 0 Å². The molecule has 0 spiro atoms. The lowest BCUT2D eigenvalue weighted by Gasteiger charge is -2.13. The van der Waals surface area contributed by atoms with E-state index in [1.54, 1.807) is 0 Å². The van der Waals surface area contributed by atoms with Crippen LogP contribution in [0.4, 0.5) is 0 Å². The topological polar surface area (TPSA) is 29.4 Å². The summed E-state index contributed by atoms with van der Waals surface area (Å²) in [5.41, 5.74) is 0. The van der Waals surface area contributed by atoms with Gasteiger partial charge in [-0.2, -0.15) is 4.40 Å². The molecule has 15 heavy (non-hydrogen) atoms. The Labute approximate surface area is 97.2 Å². The molecule has 0 saturated carbocycles. The normalized spacial score (nSPS) is 16.9. The Morgan fingerprint density at radius 2 is 2.00 bits per heavy atom. The van der Waals surface area contributed by atoms with Crippen molar-refractivity contribution < 1.29 is 4.21 Å². The minimum Gasteiger partial charge on any atom is -0.234 e. The van der Waals surface area contributed by atoms with Crippen molar-refractivity contribution in [3.05, 3.63) is 0 Å². The van der Waals surface area contributed by atoms with Crippen molar-refractivity contribution in [3.8, 4) is 0 Å². The molecule has 0 bridgehead atoms. The molecular formula is C12H25NOS. The molecule has 2 nitrogen and oxygen atoms in total. The molecule has 0 aromatic carbocycles. The minimum absolute atomic E-state index is 0.233. The molecule has 0 aliphatic heterocycles. The summed E-state index contributed by atoms with van der Waals surface area (Å²) in [6.07, 6.45) is 6.54. The Kier molecular flexibility index (Phi) is 7.07. The molecule has 3 heteroatoms. The molecule has 2 atom stereocenters. The lowest BCUT2D eigenvalue weighted by atomic mass is 10.0. The van der Waals surface area contributed by atoms with Gasteiger partial charge in [0.1, 0.15) is 11.0 Å². The van der Waals surface area contributed by atoms with Crippen molar-refractivity contribution in [1.29, 1.82) is 0 Å². The Morgan fingerprint density at radius 1 is 1.40 bits per heavy atom. The van der Waals surface area contributed by atoms with Crippen LogP contribution in [0.2, 0.25) is 0 Å². The molecule has 0 rings (SSSR count). The molecule has 0 N–H and O–H groups in total. The molecule has 0 radical (unpaired) electrons. The first-order valence-corrected chi connectivity index (χ1v) is 6.93. The fourth-order valence-corrected chi connectivity index (χ4v) is 1.66. The van der Waals surface area contributed by atoms with Crippen molar-refractivity contribution in [1.82, 2.24) is 0 Å². The van der Waals surface area contributed by atoms with E-state index in [0.717, 1.165) is 6.42 Å². The maximum Gasteiger partial charge on any atom is 0.144 e. The summed E-state index contributed by atoms with van der Waals surface area (Å²) in [5.74, 6) is 0.658. The summed E-state index contributed by atoms with van der Waals surface area (Å²) in [6, 6.07) is 0. The Hall–Kier alpha value is -0.180. The van der Waals surface area contributed by atoms with E-state index in [9.17, 15) is 4.21 Å². The van der Waals surface area contributed by atoms with Crippen LogP contribution in [0.15, 0.2) is 4.40 Å². The second-order valence-electron chi connectivity index (χ2n) is 5.13. The van der Waals surface area contributed by atoms with Gasteiger partial charge in [-0.15, -0.1) is 0 Å². The first kappa shape index (κ1) is 14.8. The lowest BCUT2D eigenvalue weighted by molar-refractivity contribution is 0.526. The minimum atomic E-state index is -1.09. The van der Waals surface area contributed by atoms with Crippen molar-refractivity contribution >= 4 is 17.2 Å². The largest absolute Gasteiger partial charge is 0.234 e. The van der Waals surface area contributed by atoms with E-state index in [2.05, 4.69) is 18.2 Å². The summed E-state index contributed by atoms with van der Waals surface area (Å²) in [6.45, 7) is 10.3. The van der Waals surface area contributed by atoms with Crippen LogP contribution in [0.5, 0.6) is 0 Å². The molecule has 0 unspecified atom stereocenters. The molecule has 0 aromatic rings. The van der Waals surface area contributed by atoms with Gasteiger partial charge in [0.2, 0.25) is 0 Å². The Balaban J connectivity index is 3.84. The second kappa shape index (κ2) is 7.15. The number of rotatable bonds is 6. The molecule has 0 amide bonds. The van der Waals surface area contributed by atoms with Crippen LogP contribution in [-0.2, 0) is 11.0 Å². The zero-order chi connectivity index (χ0) is 11.9. The molecule has 90 valence electrons. The van der Waals surface area contributed by atoms with Gasteiger partial charge >= 0.3 is 0 Å². The van der Waals surface area contributed by atoms with E-state index in [1.807, 2.05) is 27.0 Å². The summed E-state index contributed by atoms with van der Waals surface area (Å²) < 4.78 is 15.4. The van der Waals surface area contributed by atoms with Crippen LogP contribution in [0.3, 0.4) is 0 Å². The van der Waals surface area contributed by atoms with E-state index in [-0.39, 0.29) is 4.75 Å². The average Bonchev–Trinajstić information content (AvgIpc) is 2.13. The number of nitrogens with zero attached hydrogens (tertiary/aromatic N) is 1. The van der Waals surface area contributed by atoms with Gasteiger partial charge in [0.25, 0.3) is 0 Å². The molecule has 0 saturated heterocycles. The molecular weight excluding hydrogens is 206 g/mol. The maximum absolute atomic E-state index is 11.6. The van der Waals surface area contributed by atoms with Crippen LogP contribution in [0, 0.1) is 5.92 Å². The van der Waals surface area contributed by atoms with E-state index >= 15 is 0 Å². The van der Waals surface area contributed by atoms with Crippen molar-refractivity contribution in [2.75, 3.05) is 0 Å². The summed E-state index contributed by atoms with van der Waals surface area (Å²) in [5, 5.41) is 0. The van der Waals surface area contributed by atoms with E-state index in [0.29, 0.717) is 5.92 Å². The molecule has 0 aliphatic carbocycles. The fraction of sp³-hybridized carbons (Fsp3) is 0.917. The van der Waals surface area contributed by atoms with Gasteiger partial charge in [-0.25, -0.2) is 4.21 Å². The van der Waals surface area contributed by atoms with Gasteiger partial charge in [-0.05, 0) is 33.1 Å². The van der Waals surface area contributed by atoms with Crippen LogP contribution in [0.25, 0.3) is 0 Å². The summed E-state index contributed by atoms with van der Waals surface area (Å²) in [7, 11) is -1.09. The summed E-state index contributed by atoms with van der Waals surface area (Å²) >= 11 is 0. The highest BCUT2D eigenvalue weighted by Crippen LogP contribution is 2.13. The van der Waals surface area contributed by atoms with Crippen LogP contribution < -0.4 is 0 Å². The highest BCUT2D eigenvalue weighted by atomic mass is 32.2. The average molecular weight is 231 g/mol. The highest BCUT2D eigenvalue weighted by Gasteiger charge is 2.17. The van der Waals surface area contributed by atoms with Gasteiger partial charge in [-0.1, -0.05) is 33.1 Å². The molecule has 0 aromatic heterocycles. The zero-order valence-corrected chi connectivity index (χ0v) is 11.6. The Bertz CT molecular complexity index is 218. The van der Waals surface area contributed by atoms with Gasteiger partial charge in [-0.3, -0.25) is 0 Å². The molecule has 0 aliphatic rings. The predicted octanol–water partition coefficient (Wildman–Crippen LogP) is 3.74. The fourth-order valence-electron chi connectivity index (χ4n) is 1.12. The van der Waals surface area contributed by atoms with Crippen LogP contribution in [0.1, 0.15) is 60.3 Å². The van der Waals surface area contributed by atoms with E-state index in [1.165, 1.54) is 19.3 Å². The lowest BCUT2D eigenvalue weighted by Crippen LogP contribution is -2.19. The number of unbranched alkanes of at least 4 members (excludes halogenated alkanes) is 1. The standard InChI is InChI=1S/C12H25NOS/c1-6-7-8-11(2)9-10-13-15(14)12(3,4)5/h10-11H,6-9H2,1-5H3/b13-10+/t11-,15-/m1/s1. The number of hydrogen-bond acceptors (Lipinski definition) is 1. The van der Waals surface area contributed by atoms with Crippen LogP contribution in [-0.4, -0.2) is 15.2 Å². The van der Waals surface area contributed by atoms with Gasteiger partial charge in [0.15, 0.2) is 0 Å². The first-order chi connectivity index (χ1) is 6.88. The van der Waals surface area contributed by atoms with Gasteiger partial charge in [0, 0.05) is 6.21 Å². The zero-order valence-electron chi connectivity index (χ0n) is 10.7. The van der Waals surface area contributed by atoms with E-state index in [4.69, 9.17) is 0 Å². The highest BCUT2D eigenvalue weighted by molar-refractivity contribution is 7.85. The third-order valence-corrected chi connectivity index (χ3v) is 3.64. The monoisotopic (exact) mass is 231 g/mol. The van der Waals surface area contributed by atoms with Crippen molar-refractivity contribution in [2.24, 2.45) is 10.3 Å². The molecule has 0 heterocycles. The first-order valence-electron chi connectivity index (χ1n) is 5.82. The smallest absolute Gasteiger partial charge is 0.144 e. The quantitative estimate of drug-likeness (QED) is 0.640. The Morgan fingerprint density at radius 3 is 2.47 bits per heavy atom. The van der Waals surface area contributed by atoms with Crippen molar-refractivity contribution in [2.45, 2.75) is 65.0 Å². The SMILES string of the molecule is CCCC[C@@H](C)C/C=N/[S@](=O)C(C)(C)C. The third kappa shape index (κ3) is 7.71. The molecule has 0 fully saturated rings.